The normalized spacial score (nSPS) is 26.6. The number of hydrogen-bond donors (Lipinski definition) is 1. The van der Waals surface area contributed by atoms with Gasteiger partial charge in [-0.3, -0.25) is 9.59 Å². The van der Waals surface area contributed by atoms with Crippen molar-refractivity contribution in [2.45, 2.75) is 38.8 Å². The lowest BCUT2D eigenvalue weighted by molar-refractivity contribution is -0.149. The zero-order valence-corrected chi connectivity index (χ0v) is 14.6. The molecule has 26 heavy (non-hydrogen) atoms. The predicted octanol–water partition coefficient (Wildman–Crippen LogP) is 3.60. The number of halogens is 3. The Morgan fingerprint density at radius 3 is 2.73 bits per heavy atom. The molecule has 142 valence electrons. The number of amides is 1. The summed E-state index contributed by atoms with van der Waals surface area (Å²) in [7, 11) is 0. The number of nitrogens with zero attached hydrogens (tertiary/aromatic N) is 1. The van der Waals surface area contributed by atoms with Crippen LogP contribution in [0.1, 0.15) is 37.3 Å². The number of carbonyl (C=O) groups is 2. The molecule has 1 saturated carbocycles. The fourth-order valence-electron chi connectivity index (χ4n) is 4.43. The minimum Gasteiger partial charge on any atom is -0.481 e. The van der Waals surface area contributed by atoms with Crippen LogP contribution < -0.4 is 0 Å². The third-order valence-electron chi connectivity index (χ3n) is 5.83. The molecule has 0 aromatic heterocycles. The number of alkyl halides is 3. The average molecular weight is 369 g/mol. The van der Waals surface area contributed by atoms with E-state index in [-0.39, 0.29) is 24.8 Å². The van der Waals surface area contributed by atoms with Crippen molar-refractivity contribution < 1.29 is 27.9 Å². The lowest BCUT2D eigenvalue weighted by Gasteiger charge is -2.25. The largest absolute Gasteiger partial charge is 0.481 e. The summed E-state index contributed by atoms with van der Waals surface area (Å²) in [6, 6.07) is 5.00. The van der Waals surface area contributed by atoms with Gasteiger partial charge in [0.05, 0.1) is 11.0 Å². The van der Waals surface area contributed by atoms with Crippen LogP contribution in [0.2, 0.25) is 0 Å². The number of rotatable bonds is 4. The smallest absolute Gasteiger partial charge is 0.416 e. The van der Waals surface area contributed by atoms with Gasteiger partial charge in [-0.25, -0.2) is 0 Å². The molecule has 3 rings (SSSR count). The van der Waals surface area contributed by atoms with Gasteiger partial charge >= 0.3 is 12.1 Å². The van der Waals surface area contributed by atoms with Crippen molar-refractivity contribution in [2.75, 3.05) is 13.1 Å². The maximum atomic E-state index is 12.8. The van der Waals surface area contributed by atoms with Crippen molar-refractivity contribution in [1.82, 2.24) is 4.90 Å². The second-order valence-corrected chi connectivity index (χ2v) is 7.57. The van der Waals surface area contributed by atoms with Crippen LogP contribution in [0.25, 0.3) is 0 Å². The second-order valence-electron chi connectivity index (χ2n) is 7.57. The fraction of sp³-hybridized carbons (Fsp3) is 0.579. The van der Waals surface area contributed by atoms with Crippen LogP contribution in [0, 0.1) is 17.3 Å². The molecule has 1 aromatic rings. The zero-order chi connectivity index (χ0) is 19.1. The summed E-state index contributed by atoms with van der Waals surface area (Å²) in [4.78, 5) is 26.1. The van der Waals surface area contributed by atoms with Crippen LogP contribution in [0.3, 0.4) is 0 Å². The Balaban J connectivity index is 1.69. The van der Waals surface area contributed by atoms with Crippen LogP contribution in [0.5, 0.6) is 0 Å². The molecule has 2 aliphatic rings. The molecule has 1 aliphatic carbocycles. The number of fused-ring (bicyclic) bond motifs is 1. The standard InChI is InChI=1S/C19H22F3NO3/c1-12(8-13-4-2-5-14(9-13)19(20,21)22)16(24)23-10-15-6-3-7-18(15,11-23)17(25)26/h2,4-5,9,12,15H,3,6-8,10-11H2,1H3,(H,25,26)/t12?,15-,18+/m0/s1. The van der Waals surface area contributed by atoms with Crippen LogP contribution in [-0.4, -0.2) is 35.0 Å². The fourth-order valence-corrected chi connectivity index (χ4v) is 4.43. The molecule has 1 amide bonds. The van der Waals surface area contributed by atoms with E-state index < -0.39 is 29.0 Å². The van der Waals surface area contributed by atoms with Gasteiger partial charge in [-0.05, 0) is 36.8 Å². The summed E-state index contributed by atoms with van der Waals surface area (Å²) >= 11 is 0. The van der Waals surface area contributed by atoms with Crippen molar-refractivity contribution in [3.05, 3.63) is 35.4 Å². The summed E-state index contributed by atoms with van der Waals surface area (Å²) in [6.07, 6.45) is -1.97. The highest BCUT2D eigenvalue weighted by molar-refractivity contribution is 5.82. The molecule has 1 aromatic carbocycles. The van der Waals surface area contributed by atoms with Crippen LogP contribution in [0.4, 0.5) is 13.2 Å². The van der Waals surface area contributed by atoms with Crippen molar-refractivity contribution in [3.63, 3.8) is 0 Å². The van der Waals surface area contributed by atoms with E-state index in [1.807, 2.05) is 0 Å². The lowest BCUT2D eigenvalue weighted by atomic mass is 9.81. The quantitative estimate of drug-likeness (QED) is 0.882. The SMILES string of the molecule is CC(Cc1cccc(C(F)(F)F)c1)C(=O)N1C[C@@H]2CCC[C@@]2(C(=O)O)C1. The number of benzene rings is 1. The van der Waals surface area contributed by atoms with Gasteiger partial charge in [0, 0.05) is 19.0 Å². The molecular formula is C19H22F3NO3. The summed E-state index contributed by atoms with van der Waals surface area (Å²) in [5, 5.41) is 9.61. The maximum absolute atomic E-state index is 12.8. The number of carboxylic acid groups (broad SMARTS) is 1. The Bertz CT molecular complexity index is 718. The van der Waals surface area contributed by atoms with Gasteiger partial charge in [0.2, 0.25) is 5.91 Å². The Kier molecular flexibility index (Phi) is 4.75. The second kappa shape index (κ2) is 6.59. The highest BCUT2D eigenvalue weighted by atomic mass is 19.4. The van der Waals surface area contributed by atoms with E-state index in [9.17, 15) is 27.9 Å². The van der Waals surface area contributed by atoms with E-state index in [0.717, 1.165) is 25.0 Å². The number of likely N-dealkylation sites (tertiary alicyclic amines) is 1. The van der Waals surface area contributed by atoms with Gasteiger partial charge in [-0.2, -0.15) is 13.2 Å². The first-order valence-electron chi connectivity index (χ1n) is 8.82. The monoisotopic (exact) mass is 369 g/mol. The molecule has 7 heteroatoms. The summed E-state index contributed by atoms with van der Waals surface area (Å²) in [6.45, 7) is 2.32. The topological polar surface area (TPSA) is 57.6 Å². The average Bonchev–Trinajstić information content (AvgIpc) is 3.11. The van der Waals surface area contributed by atoms with Crippen molar-refractivity contribution >= 4 is 11.9 Å². The van der Waals surface area contributed by atoms with E-state index in [1.54, 1.807) is 17.9 Å². The Hall–Kier alpha value is -2.05. The predicted molar refractivity (Wildman–Crippen MR) is 88.3 cm³/mol. The first kappa shape index (κ1) is 18.7. The molecular weight excluding hydrogens is 347 g/mol. The Morgan fingerprint density at radius 1 is 1.38 bits per heavy atom. The van der Waals surface area contributed by atoms with Crippen LogP contribution in [-0.2, 0) is 22.2 Å². The van der Waals surface area contributed by atoms with E-state index >= 15 is 0 Å². The Labute approximate surface area is 150 Å². The van der Waals surface area contributed by atoms with Gasteiger partial charge in [-0.1, -0.05) is 31.5 Å². The van der Waals surface area contributed by atoms with Crippen molar-refractivity contribution in [2.24, 2.45) is 17.3 Å². The Morgan fingerprint density at radius 2 is 2.12 bits per heavy atom. The van der Waals surface area contributed by atoms with Gasteiger partial charge < -0.3 is 10.0 Å². The maximum Gasteiger partial charge on any atom is 0.416 e. The van der Waals surface area contributed by atoms with Gasteiger partial charge in [0.15, 0.2) is 0 Å². The van der Waals surface area contributed by atoms with Crippen molar-refractivity contribution in [3.8, 4) is 0 Å². The third-order valence-corrected chi connectivity index (χ3v) is 5.83. The lowest BCUT2D eigenvalue weighted by Crippen LogP contribution is -2.39. The summed E-state index contributed by atoms with van der Waals surface area (Å²) < 4.78 is 38.5. The van der Waals surface area contributed by atoms with E-state index in [2.05, 4.69) is 0 Å². The number of carbonyl (C=O) groups excluding carboxylic acids is 1. The molecule has 1 heterocycles. The first-order chi connectivity index (χ1) is 12.1. The van der Waals surface area contributed by atoms with Gasteiger partial charge in [-0.15, -0.1) is 0 Å². The molecule has 1 aliphatic heterocycles. The third kappa shape index (κ3) is 3.31. The zero-order valence-electron chi connectivity index (χ0n) is 14.6. The molecule has 3 atom stereocenters. The summed E-state index contributed by atoms with van der Waals surface area (Å²) in [5.74, 6) is -1.55. The highest BCUT2D eigenvalue weighted by Gasteiger charge is 2.56. The molecule has 0 bridgehead atoms. The van der Waals surface area contributed by atoms with Gasteiger partial charge in [0.1, 0.15) is 0 Å². The van der Waals surface area contributed by atoms with E-state index in [1.165, 1.54) is 6.07 Å². The highest BCUT2D eigenvalue weighted by Crippen LogP contribution is 2.49. The number of aliphatic carboxylic acids is 1. The molecule has 0 radical (unpaired) electrons. The molecule has 1 unspecified atom stereocenters. The molecule has 4 nitrogen and oxygen atoms in total. The molecule has 2 fully saturated rings. The van der Waals surface area contributed by atoms with Crippen molar-refractivity contribution in [1.29, 1.82) is 0 Å². The molecule has 1 saturated heterocycles. The van der Waals surface area contributed by atoms with Gasteiger partial charge in [0.25, 0.3) is 0 Å². The molecule has 0 spiro atoms. The minimum absolute atomic E-state index is 0.0234. The van der Waals surface area contributed by atoms with Crippen LogP contribution in [0.15, 0.2) is 24.3 Å². The summed E-state index contributed by atoms with van der Waals surface area (Å²) in [5.41, 5.74) is -1.12. The van der Waals surface area contributed by atoms with E-state index in [0.29, 0.717) is 18.5 Å². The van der Waals surface area contributed by atoms with Crippen LogP contribution >= 0.6 is 0 Å². The first-order valence-corrected chi connectivity index (χ1v) is 8.82. The number of carboxylic acids is 1. The van der Waals surface area contributed by atoms with E-state index in [4.69, 9.17) is 0 Å². The minimum atomic E-state index is -4.41. The number of hydrogen-bond acceptors (Lipinski definition) is 2. The molecule has 1 N–H and O–H groups in total.